The Balaban J connectivity index is 1.67. The maximum Gasteiger partial charge on any atom is 0.127 e. The highest BCUT2D eigenvalue weighted by Crippen LogP contribution is 2.28. The van der Waals surface area contributed by atoms with Crippen LogP contribution in [0.4, 0.5) is 4.39 Å². The van der Waals surface area contributed by atoms with Crippen LogP contribution in [0.3, 0.4) is 0 Å². The Morgan fingerprint density at radius 3 is 2.00 bits per heavy atom. The van der Waals surface area contributed by atoms with Crippen molar-refractivity contribution in [3.8, 4) is 11.5 Å². The van der Waals surface area contributed by atoms with Crippen molar-refractivity contribution < 1.29 is 9.13 Å². The predicted octanol–water partition coefficient (Wildman–Crippen LogP) is 4.09. The minimum absolute atomic E-state index is 0.251. The molecule has 3 heteroatoms. The molecule has 2 aromatic rings. The third kappa shape index (κ3) is 3.17. The van der Waals surface area contributed by atoms with Crippen molar-refractivity contribution in [3.63, 3.8) is 0 Å². The number of rotatable bonds is 3. The zero-order valence-electron chi connectivity index (χ0n) is 11.3. The number of benzene rings is 2. The largest absolute Gasteiger partial charge is 0.457 e. The minimum atomic E-state index is -0.251. The van der Waals surface area contributed by atoms with E-state index in [-0.39, 0.29) is 5.82 Å². The molecule has 1 N–H and O–H groups in total. The first-order valence-electron chi connectivity index (χ1n) is 7.05. The van der Waals surface area contributed by atoms with Crippen molar-refractivity contribution in [2.75, 3.05) is 13.1 Å². The van der Waals surface area contributed by atoms with E-state index in [4.69, 9.17) is 4.74 Å². The Kier molecular flexibility index (Phi) is 3.97. The molecular weight excluding hydrogens is 253 g/mol. The molecule has 0 spiro atoms. The van der Waals surface area contributed by atoms with E-state index in [2.05, 4.69) is 17.4 Å². The fourth-order valence-corrected chi connectivity index (χ4v) is 2.60. The van der Waals surface area contributed by atoms with Crippen LogP contribution in [-0.2, 0) is 0 Å². The standard InChI is InChI=1S/C17H18FNO/c18-15-3-7-17(8-4-15)20-16-5-1-13(2-6-16)14-9-11-19-12-10-14/h1-8,14,19H,9-12H2. The van der Waals surface area contributed by atoms with Gasteiger partial charge in [-0.25, -0.2) is 4.39 Å². The van der Waals surface area contributed by atoms with Crippen LogP contribution in [0.15, 0.2) is 48.5 Å². The van der Waals surface area contributed by atoms with Crippen LogP contribution in [0, 0.1) is 5.82 Å². The first-order chi connectivity index (χ1) is 9.81. The van der Waals surface area contributed by atoms with Gasteiger partial charge in [-0.05, 0) is 73.8 Å². The van der Waals surface area contributed by atoms with Crippen LogP contribution in [0.2, 0.25) is 0 Å². The van der Waals surface area contributed by atoms with Crippen molar-refractivity contribution in [2.45, 2.75) is 18.8 Å². The van der Waals surface area contributed by atoms with Gasteiger partial charge in [0.1, 0.15) is 17.3 Å². The minimum Gasteiger partial charge on any atom is -0.457 e. The summed E-state index contributed by atoms with van der Waals surface area (Å²) in [6.07, 6.45) is 2.39. The van der Waals surface area contributed by atoms with Crippen molar-refractivity contribution in [1.82, 2.24) is 5.32 Å². The number of hydrogen-bond donors (Lipinski definition) is 1. The molecule has 104 valence electrons. The molecule has 0 aromatic heterocycles. The molecule has 0 unspecified atom stereocenters. The predicted molar refractivity (Wildman–Crippen MR) is 77.8 cm³/mol. The molecule has 0 amide bonds. The Bertz CT molecular complexity index is 544. The zero-order chi connectivity index (χ0) is 13.8. The molecule has 0 radical (unpaired) electrons. The summed E-state index contributed by atoms with van der Waals surface area (Å²) < 4.78 is 18.5. The van der Waals surface area contributed by atoms with Gasteiger partial charge in [0, 0.05) is 0 Å². The van der Waals surface area contributed by atoms with Gasteiger partial charge in [-0.1, -0.05) is 12.1 Å². The maximum atomic E-state index is 12.8. The molecule has 1 heterocycles. The summed E-state index contributed by atoms with van der Waals surface area (Å²) in [5.74, 6) is 1.84. The molecule has 2 aromatic carbocycles. The lowest BCUT2D eigenvalue weighted by Gasteiger charge is -2.23. The first kappa shape index (κ1) is 13.1. The SMILES string of the molecule is Fc1ccc(Oc2ccc(C3CCNCC3)cc2)cc1. The summed E-state index contributed by atoms with van der Waals surface area (Å²) in [7, 11) is 0. The molecule has 1 aliphatic rings. The Hall–Kier alpha value is -1.87. The number of ether oxygens (including phenoxy) is 1. The summed E-state index contributed by atoms with van der Waals surface area (Å²) in [4.78, 5) is 0. The highest BCUT2D eigenvalue weighted by atomic mass is 19.1. The Labute approximate surface area is 118 Å². The van der Waals surface area contributed by atoms with E-state index < -0.39 is 0 Å². The van der Waals surface area contributed by atoms with Crippen molar-refractivity contribution in [3.05, 3.63) is 59.9 Å². The second kappa shape index (κ2) is 6.06. The Morgan fingerprint density at radius 1 is 0.850 bits per heavy atom. The van der Waals surface area contributed by atoms with Crippen LogP contribution < -0.4 is 10.1 Å². The highest BCUT2D eigenvalue weighted by molar-refractivity contribution is 5.34. The van der Waals surface area contributed by atoms with Crippen LogP contribution in [0.25, 0.3) is 0 Å². The quantitative estimate of drug-likeness (QED) is 0.908. The molecule has 3 rings (SSSR count). The monoisotopic (exact) mass is 271 g/mol. The maximum absolute atomic E-state index is 12.8. The lowest BCUT2D eigenvalue weighted by Crippen LogP contribution is -2.26. The van der Waals surface area contributed by atoms with Gasteiger partial charge < -0.3 is 10.1 Å². The summed E-state index contributed by atoms with van der Waals surface area (Å²) in [5, 5.41) is 3.38. The molecule has 0 saturated carbocycles. The summed E-state index contributed by atoms with van der Waals surface area (Å²) in [5.41, 5.74) is 1.37. The second-order valence-electron chi connectivity index (χ2n) is 5.15. The van der Waals surface area contributed by atoms with Crippen molar-refractivity contribution in [1.29, 1.82) is 0 Å². The zero-order valence-corrected chi connectivity index (χ0v) is 11.3. The second-order valence-corrected chi connectivity index (χ2v) is 5.15. The van der Waals surface area contributed by atoms with E-state index in [9.17, 15) is 4.39 Å². The van der Waals surface area contributed by atoms with Gasteiger partial charge in [0.25, 0.3) is 0 Å². The van der Waals surface area contributed by atoms with E-state index in [0.29, 0.717) is 11.7 Å². The van der Waals surface area contributed by atoms with Gasteiger partial charge in [0.15, 0.2) is 0 Å². The number of hydrogen-bond acceptors (Lipinski definition) is 2. The summed E-state index contributed by atoms with van der Waals surface area (Å²) in [6.45, 7) is 2.19. The topological polar surface area (TPSA) is 21.3 Å². The molecule has 20 heavy (non-hydrogen) atoms. The normalized spacial score (nSPS) is 16.1. The van der Waals surface area contributed by atoms with Gasteiger partial charge in [0.2, 0.25) is 0 Å². The number of piperidine rings is 1. The molecule has 1 saturated heterocycles. The van der Waals surface area contributed by atoms with E-state index >= 15 is 0 Å². The van der Waals surface area contributed by atoms with Crippen molar-refractivity contribution >= 4 is 0 Å². The molecule has 1 fully saturated rings. The summed E-state index contributed by atoms with van der Waals surface area (Å²) >= 11 is 0. The van der Waals surface area contributed by atoms with Gasteiger partial charge >= 0.3 is 0 Å². The van der Waals surface area contributed by atoms with E-state index in [1.807, 2.05) is 12.1 Å². The average Bonchev–Trinajstić information content (AvgIpc) is 2.51. The molecule has 0 atom stereocenters. The molecule has 0 bridgehead atoms. The van der Waals surface area contributed by atoms with Crippen molar-refractivity contribution in [2.24, 2.45) is 0 Å². The average molecular weight is 271 g/mol. The highest BCUT2D eigenvalue weighted by Gasteiger charge is 2.14. The lowest BCUT2D eigenvalue weighted by molar-refractivity contribution is 0.458. The van der Waals surface area contributed by atoms with E-state index in [1.54, 1.807) is 12.1 Å². The van der Waals surface area contributed by atoms with Crippen LogP contribution in [0.5, 0.6) is 11.5 Å². The fourth-order valence-electron chi connectivity index (χ4n) is 2.60. The van der Waals surface area contributed by atoms with Gasteiger partial charge in [0.05, 0.1) is 0 Å². The van der Waals surface area contributed by atoms with Crippen LogP contribution in [-0.4, -0.2) is 13.1 Å². The molecule has 2 nitrogen and oxygen atoms in total. The third-order valence-electron chi connectivity index (χ3n) is 3.74. The van der Waals surface area contributed by atoms with E-state index in [0.717, 1.165) is 18.8 Å². The van der Waals surface area contributed by atoms with Gasteiger partial charge in [-0.3, -0.25) is 0 Å². The van der Waals surface area contributed by atoms with Crippen LogP contribution in [0.1, 0.15) is 24.3 Å². The Morgan fingerprint density at radius 2 is 1.40 bits per heavy atom. The lowest BCUT2D eigenvalue weighted by atomic mass is 9.90. The number of nitrogens with one attached hydrogen (secondary N) is 1. The van der Waals surface area contributed by atoms with E-state index in [1.165, 1.54) is 30.5 Å². The smallest absolute Gasteiger partial charge is 0.127 e. The molecule has 1 aliphatic heterocycles. The van der Waals surface area contributed by atoms with Crippen LogP contribution >= 0.6 is 0 Å². The third-order valence-corrected chi connectivity index (χ3v) is 3.74. The number of halogens is 1. The first-order valence-corrected chi connectivity index (χ1v) is 7.05. The van der Waals surface area contributed by atoms with Gasteiger partial charge in [-0.2, -0.15) is 0 Å². The summed E-state index contributed by atoms with van der Waals surface area (Å²) in [6, 6.07) is 14.3. The molecule has 0 aliphatic carbocycles. The fraction of sp³-hybridized carbons (Fsp3) is 0.294. The molecular formula is C17H18FNO. The van der Waals surface area contributed by atoms with Gasteiger partial charge in [-0.15, -0.1) is 0 Å².